The van der Waals surface area contributed by atoms with Gasteiger partial charge in [0.15, 0.2) is 0 Å². The molecule has 1 saturated carbocycles. The second-order valence-corrected chi connectivity index (χ2v) is 5.28. The van der Waals surface area contributed by atoms with E-state index in [1.165, 1.54) is 4.90 Å². The van der Waals surface area contributed by atoms with Gasteiger partial charge in [0.25, 0.3) is 0 Å². The number of rotatable bonds is 2. The lowest BCUT2D eigenvalue weighted by molar-refractivity contribution is -0.142. The average molecular weight is 281 g/mol. The number of carboxylic acid groups (broad SMARTS) is 1. The van der Waals surface area contributed by atoms with E-state index in [4.69, 9.17) is 5.11 Å². The van der Waals surface area contributed by atoms with E-state index >= 15 is 0 Å². The Kier molecular flexibility index (Phi) is 2.96. The molecule has 106 valence electrons. The molecule has 2 aliphatic rings. The standard InChI is InChI=1S/C14H13F2NO3/c15-11-1-2-12(16)10-6-17(4-3-7(10)11)13(18)8-5-9(8)14(19)20/h1-2,8-9H,3-6H2,(H,19,20). The van der Waals surface area contributed by atoms with Gasteiger partial charge in [-0.15, -0.1) is 0 Å². The number of fused-ring (bicyclic) bond motifs is 1. The van der Waals surface area contributed by atoms with Crippen LogP contribution in [0, 0.1) is 23.5 Å². The van der Waals surface area contributed by atoms with Crippen LogP contribution in [-0.2, 0) is 22.6 Å². The molecule has 2 unspecified atom stereocenters. The van der Waals surface area contributed by atoms with E-state index < -0.39 is 29.4 Å². The number of carboxylic acids is 1. The number of halogens is 2. The minimum absolute atomic E-state index is 0.0145. The lowest BCUT2D eigenvalue weighted by atomic mass is 9.98. The van der Waals surface area contributed by atoms with Crippen molar-refractivity contribution in [3.63, 3.8) is 0 Å². The molecule has 0 radical (unpaired) electrons. The van der Waals surface area contributed by atoms with Crippen LogP contribution in [0.4, 0.5) is 8.78 Å². The predicted octanol–water partition coefficient (Wildman–Crippen LogP) is 1.57. The second kappa shape index (κ2) is 4.54. The first-order valence-electron chi connectivity index (χ1n) is 6.46. The maximum absolute atomic E-state index is 13.7. The minimum Gasteiger partial charge on any atom is -0.481 e. The maximum Gasteiger partial charge on any atom is 0.307 e. The summed E-state index contributed by atoms with van der Waals surface area (Å²) in [6.07, 6.45) is 0.596. The van der Waals surface area contributed by atoms with Crippen molar-refractivity contribution in [2.45, 2.75) is 19.4 Å². The van der Waals surface area contributed by atoms with Gasteiger partial charge in [0.1, 0.15) is 11.6 Å². The van der Waals surface area contributed by atoms with Gasteiger partial charge in [-0.3, -0.25) is 9.59 Å². The number of hydrogen-bond donors (Lipinski definition) is 1. The van der Waals surface area contributed by atoms with E-state index in [0.717, 1.165) is 12.1 Å². The highest BCUT2D eigenvalue weighted by Crippen LogP contribution is 2.41. The maximum atomic E-state index is 13.7. The monoisotopic (exact) mass is 281 g/mol. The Hall–Kier alpha value is -1.98. The molecule has 0 saturated heterocycles. The van der Waals surface area contributed by atoms with E-state index in [2.05, 4.69) is 0 Å². The first-order valence-corrected chi connectivity index (χ1v) is 6.46. The van der Waals surface area contributed by atoms with Crippen molar-refractivity contribution in [2.75, 3.05) is 6.54 Å². The average Bonchev–Trinajstić information content (AvgIpc) is 3.22. The van der Waals surface area contributed by atoms with E-state index in [9.17, 15) is 18.4 Å². The van der Waals surface area contributed by atoms with Crippen molar-refractivity contribution in [3.8, 4) is 0 Å². The SMILES string of the molecule is O=C(O)C1CC1C(=O)N1CCc2c(F)ccc(F)c2C1. The summed E-state index contributed by atoms with van der Waals surface area (Å²) in [4.78, 5) is 24.3. The van der Waals surface area contributed by atoms with Crippen molar-refractivity contribution in [2.24, 2.45) is 11.8 Å². The summed E-state index contributed by atoms with van der Waals surface area (Å²) in [6, 6.07) is 2.15. The molecule has 0 spiro atoms. The molecule has 20 heavy (non-hydrogen) atoms. The lowest BCUT2D eigenvalue weighted by Crippen LogP contribution is -2.38. The Morgan fingerprint density at radius 3 is 2.40 bits per heavy atom. The Morgan fingerprint density at radius 1 is 1.15 bits per heavy atom. The summed E-state index contributed by atoms with van der Waals surface area (Å²) in [5.74, 6) is -3.36. The zero-order valence-electron chi connectivity index (χ0n) is 10.6. The lowest BCUT2D eigenvalue weighted by Gasteiger charge is -2.29. The van der Waals surface area contributed by atoms with Crippen LogP contribution in [0.5, 0.6) is 0 Å². The number of amides is 1. The van der Waals surface area contributed by atoms with Crippen LogP contribution in [0.2, 0.25) is 0 Å². The molecule has 1 fully saturated rings. The Balaban J connectivity index is 1.78. The third-order valence-electron chi connectivity index (χ3n) is 4.03. The highest BCUT2D eigenvalue weighted by molar-refractivity contribution is 5.89. The number of benzene rings is 1. The number of aliphatic carboxylic acids is 1. The Morgan fingerprint density at radius 2 is 1.80 bits per heavy atom. The fraction of sp³-hybridized carbons (Fsp3) is 0.429. The van der Waals surface area contributed by atoms with Gasteiger partial charge in [-0.1, -0.05) is 0 Å². The molecule has 1 aromatic carbocycles. The second-order valence-electron chi connectivity index (χ2n) is 5.28. The van der Waals surface area contributed by atoms with Crippen molar-refractivity contribution >= 4 is 11.9 Å². The largest absolute Gasteiger partial charge is 0.481 e. The number of hydrogen-bond acceptors (Lipinski definition) is 2. The third-order valence-corrected chi connectivity index (χ3v) is 4.03. The molecular formula is C14H13F2NO3. The van der Waals surface area contributed by atoms with Crippen LogP contribution in [0.25, 0.3) is 0 Å². The Bertz CT molecular complexity index is 602. The summed E-state index contributed by atoms with van der Waals surface area (Å²) >= 11 is 0. The molecule has 1 aliphatic heterocycles. The van der Waals surface area contributed by atoms with Gasteiger partial charge in [0.05, 0.1) is 11.8 Å². The van der Waals surface area contributed by atoms with Gasteiger partial charge < -0.3 is 10.0 Å². The molecule has 1 aliphatic carbocycles. The van der Waals surface area contributed by atoms with Crippen LogP contribution in [0.3, 0.4) is 0 Å². The summed E-state index contributed by atoms with van der Waals surface area (Å²) in [5.41, 5.74) is 0.525. The summed E-state index contributed by atoms with van der Waals surface area (Å²) in [5, 5.41) is 8.83. The number of nitrogens with zero attached hydrogens (tertiary/aromatic N) is 1. The van der Waals surface area contributed by atoms with Gasteiger partial charge in [-0.25, -0.2) is 8.78 Å². The molecule has 6 heteroatoms. The molecule has 1 heterocycles. The molecule has 0 aromatic heterocycles. The van der Waals surface area contributed by atoms with Gasteiger partial charge in [-0.05, 0) is 30.5 Å². The molecule has 0 bridgehead atoms. The van der Waals surface area contributed by atoms with E-state index in [-0.39, 0.29) is 24.4 Å². The van der Waals surface area contributed by atoms with Crippen molar-refractivity contribution in [3.05, 3.63) is 34.9 Å². The quantitative estimate of drug-likeness (QED) is 0.895. The van der Waals surface area contributed by atoms with Crippen molar-refractivity contribution in [1.82, 2.24) is 4.90 Å². The van der Waals surface area contributed by atoms with Gasteiger partial charge in [0, 0.05) is 18.7 Å². The summed E-state index contributed by atoms with van der Waals surface area (Å²) < 4.78 is 27.3. The predicted molar refractivity (Wildman–Crippen MR) is 64.7 cm³/mol. The van der Waals surface area contributed by atoms with Crippen LogP contribution < -0.4 is 0 Å². The molecule has 3 rings (SSSR count). The third kappa shape index (κ3) is 2.05. The fourth-order valence-corrected chi connectivity index (χ4v) is 2.76. The summed E-state index contributed by atoms with van der Waals surface area (Å²) in [7, 11) is 0. The smallest absolute Gasteiger partial charge is 0.307 e. The molecule has 2 atom stereocenters. The first-order chi connectivity index (χ1) is 9.49. The topological polar surface area (TPSA) is 57.6 Å². The molecule has 1 N–H and O–H groups in total. The van der Waals surface area contributed by atoms with Crippen LogP contribution in [0.1, 0.15) is 17.5 Å². The molecule has 4 nitrogen and oxygen atoms in total. The zero-order valence-corrected chi connectivity index (χ0v) is 10.6. The normalized spacial score (nSPS) is 24.2. The van der Waals surface area contributed by atoms with Crippen LogP contribution in [0.15, 0.2) is 12.1 Å². The Labute approximate surface area is 114 Å². The fourth-order valence-electron chi connectivity index (χ4n) is 2.76. The van der Waals surface area contributed by atoms with Gasteiger partial charge >= 0.3 is 5.97 Å². The highest BCUT2D eigenvalue weighted by atomic mass is 19.1. The number of carbonyl (C=O) groups is 2. The first kappa shape index (κ1) is 13.0. The minimum atomic E-state index is -0.974. The number of carbonyl (C=O) groups excluding carboxylic acids is 1. The van der Waals surface area contributed by atoms with E-state index in [1.54, 1.807) is 0 Å². The van der Waals surface area contributed by atoms with Crippen LogP contribution in [-0.4, -0.2) is 28.4 Å². The van der Waals surface area contributed by atoms with Crippen molar-refractivity contribution < 1.29 is 23.5 Å². The van der Waals surface area contributed by atoms with E-state index in [0.29, 0.717) is 18.5 Å². The highest BCUT2D eigenvalue weighted by Gasteiger charge is 2.50. The molecule has 1 aromatic rings. The molecular weight excluding hydrogens is 268 g/mol. The molecule has 1 amide bonds. The van der Waals surface area contributed by atoms with Gasteiger partial charge in [0.2, 0.25) is 5.91 Å². The van der Waals surface area contributed by atoms with E-state index in [1.807, 2.05) is 0 Å². The van der Waals surface area contributed by atoms with Crippen LogP contribution >= 0.6 is 0 Å². The zero-order chi connectivity index (χ0) is 14.4. The summed E-state index contributed by atoms with van der Waals surface area (Å²) in [6.45, 7) is 0.315. The van der Waals surface area contributed by atoms with Gasteiger partial charge in [-0.2, -0.15) is 0 Å². The van der Waals surface area contributed by atoms with Crippen molar-refractivity contribution in [1.29, 1.82) is 0 Å².